The minimum atomic E-state index is -2.39. The first-order chi connectivity index (χ1) is 5.66. The molecule has 0 aromatic rings. The molecule has 0 rings (SSSR count). The van der Waals surface area contributed by atoms with E-state index < -0.39 is 13.0 Å². The van der Waals surface area contributed by atoms with Gasteiger partial charge in [-0.25, -0.2) is 8.78 Å². The summed E-state index contributed by atoms with van der Waals surface area (Å²) in [6, 6.07) is -0.0276. The molecule has 0 aromatic carbocycles. The van der Waals surface area contributed by atoms with Crippen molar-refractivity contribution in [2.45, 2.75) is 25.3 Å². The lowest BCUT2D eigenvalue weighted by atomic mass is 10.1. The minimum absolute atomic E-state index is 0.0276. The van der Waals surface area contributed by atoms with Crippen LogP contribution in [0, 0.1) is 0 Å². The Morgan fingerprint density at radius 2 is 2.17 bits per heavy atom. The van der Waals surface area contributed by atoms with E-state index in [0.717, 1.165) is 0 Å². The van der Waals surface area contributed by atoms with Crippen LogP contribution in [-0.4, -0.2) is 25.7 Å². The molecular formula is C8H15F2NO. The van der Waals surface area contributed by atoms with Gasteiger partial charge in [-0.3, -0.25) is 0 Å². The maximum absolute atomic E-state index is 11.5. The highest BCUT2D eigenvalue weighted by atomic mass is 19.3. The van der Waals surface area contributed by atoms with Crippen molar-refractivity contribution in [2.24, 2.45) is 5.73 Å². The second-order valence-corrected chi connectivity index (χ2v) is 2.54. The third-order valence-electron chi connectivity index (χ3n) is 1.35. The van der Waals surface area contributed by atoms with Crippen molar-refractivity contribution < 1.29 is 13.5 Å². The molecular weight excluding hydrogens is 164 g/mol. The molecule has 1 unspecified atom stereocenters. The molecule has 0 aliphatic rings. The average Bonchev–Trinajstić information content (AvgIpc) is 1.98. The number of hydrogen-bond donors (Lipinski definition) is 1. The lowest BCUT2D eigenvalue weighted by Crippen LogP contribution is -2.21. The fourth-order valence-electron chi connectivity index (χ4n) is 0.739. The van der Waals surface area contributed by atoms with E-state index in [1.54, 1.807) is 6.08 Å². The van der Waals surface area contributed by atoms with Gasteiger partial charge in [-0.2, -0.15) is 0 Å². The van der Waals surface area contributed by atoms with Crippen molar-refractivity contribution in [1.29, 1.82) is 0 Å². The van der Waals surface area contributed by atoms with Crippen LogP contribution in [0.5, 0.6) is 0 Å². The van der Waals surface area contributed by atoms with Gasteiger partial charge in [-0.1, -0.05) is 6.08 Å². The number of halogens is 2. The van der Waals surface area contributed by atoms with Crippen molar-refractivity contribution >= 4 is 0 Å². The Kier molecular flexibility index (Phi) is 6.90. The van der Waals surface area contributed by atoms with E-state index in [9.17, 15) is 8.78 Å². The van der Waals surface area contributed by atoms with Gasteiger partial charge in [0.15, 0.2) is 0 Å². The third-order valence-corrected chi connectivity index (χ3v) is 1.35. The average molecular weight is 179 g/mol. The SMILES string of the molecule is C=CCC(N)CCOCC(F)F. The van der Waals surface area contributed by atoms with Crippen LogP contribution < -0.4 is 5.73 Å². The van der Waals surface area contributed by atoms with Gasteiger partial charge in [0.25, 0.3) is 6.43 Å². The van der Waals surface area contributed by atoms with Crippen LogP contribution >= 0.6 is 0 Å². The van der Waals surface area contributed by atoms with E-state index in [0.29, 0.717) is 19.4 Å². The molecule has 0 aliphatic heterocycles. The predicted molar refractivity (Wildman–Crippen MR) is 44.2 cm³/mol. The van der Waals surface area contributed by atoms with Crippen LogP contribution in [0.25, 0.3) is 0 Å². The summed E-state index contributed by atoms with van der Waals surface area (Å²) in [5.41, 5.74) is 5.56. The van der Waals surface area contributed by atoms with Crippen LogP contribution in [0.1, 0.15) is 12.8 Å². The summed E-state index contributed by atoms with van der Waals surface area (Å²) in [5.74, 6) is 0. The lowest BCUT2D eigenvalue weighted by Gasteiger charge is -2.08. The standard InChI is InChI=1S/C8H15F2NO/c1-2-3-7(11)4-5-12-6-8(9)10/h2,7-8H,1,3-6,11H2. The smallest absolute Gasteiger partial charge is 0.261 e. The van der Waals surface area contributed by atoms with Gasteiger partial charge >= 0.3 is 0 Å². The Labute approximate surface area is 71.4 Å². The Hall–Kier alpha value is -0.480. The van der Waals surface area contributed by atoms with Gasteiger partial charge < -0.3 is 10.5 Å². The Balaban J connectivity index is 3.13. The quantitative estimate of drug-likeness (QED) is 0.475. The summed E-state index contributed by atoms with van der Waals surface area (Å²) in [5, 5.41) is 0. The van der Waals surface area contributed by atoms with E-state index in [1.165, 1.54) is 0 Å². The number of ether oxygens (including phenoxy) is 1. The Morgan fingerprint density at radius 3 is 2.67 bits per heavy atom. The molecule has 4 heteroatoms. The second-order valence-electron chi connectivity index (χ2n) is 2.54. The largest absolute Gasteiger partial charge is 0.375 e. The normalized spacial score (nSPS) is 13.3. The molecule has 72 valence electrons. The molecule has 0 radical (unpaired) electrons. The number of hydrogen-bond acceptors (Lipinski definition) is 2. The zero-order chi connectivity index (χ0) is 9.40. The van der Waals surface area contributed by atoms with Gasteiger partial charge in [-0.05, 0) is 12.8 Å². The summed E-state index contributed by atoms with van der Waals surface area (Å²) in [6.45, 7) is 3.31. The first-order valence-corrected chi connectivity index (χ1v) is 3.89. The third kappa shape index (κ3) is 7.63. The molecule has 0 saturated heterocycles. The van der Waals surface area contributed by atoms with E-state index in [1.807, 2.05) is 0 Å². The molecule has 0 bridgehead atoms. The van der Waals surface area contributed by atoms with E-state index >= 15 is 0 Å². The van der Waals surface area contributed by atoms with Gasteiger partial charge in [0.1, 0.15) is 6.61 Å². The maximum Gasteiger partial charge on any atom is 0.261 e. The Bertz CT molecular complexity index is 120. The number of alkyl halides is 2. The van der Waals surface area contributed by atoms with Gasteiger partial charge in [0.2, 0.25) is 0 Å². The molecule has 0 saturated carbocycles. The minimum Gasteiger partial charge on any atom is -0.375 e. The molecule has 2 nitrogen and oxygen atoms in total. The topological polar surface area (TPSA) is 35.2 Å². The number of nitrogens with two attached hydrogens (primary N) is 1. The molecule has 12 heavy (non-hydrogen) atoms. The molecule has 0 heterocycles. The van der Waals surface area contributed by atoms with Crippen LogP contribution in [0.2, 0.25) is 0 Å². The van der Waals surface area contributed by atoms with Crippen LogP contribution in [0.15, 0.2) is 12.7 Å². The monoisotopic (exact) mass is 179 g/mol. The van der Waals surface area contributed by atoms with E-state index in [4.69, 9.17) is 5.73 Å². The lowest BCUT2D eigenvalue weighted by molar-refractivity contribution is 0.0153. The maximum atomic E-state index is 11.5. The molecule has 0 aliphatic carbocycles. The van der Waals surface area contributed by atoms with Gasteiger partial charge in [0.05, 0.1) is 0 Å². The van der Waals surface area contributed by atoms with Crippen LogP contribution in [0.4, 0.5) is 8.78 Å². The molecule has 0 amide bonds. The highest BCUT2D eigenvalue weighted by molar-refractivity contribution is 4.74. The molecule has 0 fully saturated rings. The fraction of sp³-hybridized carbons (Fsp3) is 0.750. The van der Waals surface area contributed by atoms with Crippen molar-refractivity contribution in [3.05, 3.63) is 12.7 Å². The molecule has 2 N–H and O–H groups in total. The van der Waals surface area contributed by atoms with Crippen LogP contribution in [-0.2, 0) is 4.74 Å². The summed E-state index contributed by atoms with van der Waals surface area (Å²) >= 11 is 0. The van der Waals surface area contributed by atoms with Gasteiger partial charge in [0, 0.05) is 12.6 Å². The van der Waals surface area contributed by atoms with Crippen molar-refractivity contribution in [3.63, 3.8) is 0 Å². The zero-order valence-electron chi connectivity index (χ0n) is 7.01. The Morgan fingerprint density at radius 1 is 1.50 bits per heavy atom. The van der Waals surface area contributed by atoms with Crippen molar-refractivity contribution in [1.82, 2.24) is 0 Å². The second kappa shape index (κ2) is 7.18. The summed E-state index contributed by atoms with van der Waals surface area (Å²) < 4.78 is 27.7. The summed E-state index contributed by atoms with van der Waals surface area (Å²) in [4.78, 5) is 0. The summed E-state index contributed by atoms with van der Waals surface area (Å²) in [7, 11) is 0. The first-order valence-electron chi connectivity index (χ1n) is 3.89. The van der Waals surface area contributed by atoms with Crippen molar-refractivity contribution in [3.8, 4) is 0 Å². The fourth-order valence-corrected chi connectivity index (χ4v) is 0.739. The highest BCUT2D eigenvalue weighted by Gasteiger charge is 2.03. The first kappa shape index (κ1) is 11.5. The highest BCUT2D eigenvalue weighted by Crippen LogP contribution is 1.98. The van der Waals surface area contributed by atoms with Crippen molar-refractivity contribution in [2.75, 3.05) is 13.2 Å². The van der Waals surface area contributed by atoms with E-state index in [2.05, 4.69) is 11.3 Å². The van der Waals surface area contributed by atoms with Crippen LogP contribution in [0.3, 0.4) is 0 Å². The predicted octanol–water partition coefficient (Wildman–Crippen LogP) is 1.56. The number of rotatable bonds is 7. The zero-order valence-corrected chi connectivity index (χ0v) is 7.01. The molecule has 0 aromatic heterocycles. The van der Waals surface area contributed by atoms with E-state index in [-0.39, 0.29) is 6.04 Å². The summed E-state index contributed by atoms with van der Waals surface area (Å²) in [6.07, 6.45) is 0.606. The molecule has 0 spiro atoms. The van der Waals surface area contributed by atoms with Gasteiger partial charge in [-0.15, -0.1) is 6.58 Å². The molecule has 1 atom stereocenters.